The second kappa shape index (κ2) is 4.33. The molecule has 90 valence electrons. The molecule has 1 aliphatic carbocycles. The monoisotopic (exact) mass is 232 g/mol. The van der Waals surface area contributed by atoms with Crippen LogP contribution in [0.4, 0.5) is 0 Å². The van der Waals surface area contributed by atoms with Crippen LogP contribution in [0.5, 0.6) is 0 Å². The predicted octanol–water partition coefficient (Wildman–Crippen LogP) is 0.638. The van der Waals surface area contributed by atoms with Gasteiger partial charge in [-0.25, -0.2) is 4.52 Å². The Bertz CT molecular complexity index is 567. The molecule has 1 N–H and O–H groups in total. The van der Waals surface area contributed by atoms with Gasteiger partial charge in [-0.05, 0) is 31.9 Å². The summed E-state index contributed by atoms with van der Waals surface area (Å²) in [7, 11) is 0. The molecule has 2 heterocycles. The zero-order valence-electron chi connectivity index (χ0n) is 9.67. The normalized spacial score (nSPS) is 15.5. The Morgan fingerprint density at radius 1 is 1.41 bits per heavy atom. The van der Waals surface area contributed by atoms with Crippen LogP contribution in [0.25, 0.3) is 5.52 Å². The maximum absolute atomic E-state index is 12.0. The highest BCUT2D eigenvalue weighted by molar-refractivity contribution is 5.42. The Kier molecular flexibility index (Phi) is 2.68. The van der Waals surface area contributed by atoms with Crippen LogP contribution in [0.1, 0.15) is 19.3 Å². The van der Waals surface area contributed by atoms with Gasteiger partial charge in [-0.15, -0.1) is 0 Å². The summed E-state index contributed by atoms with van der Waals surface area (Å²) in [6.07, 6.45) is 8.88. The van der Waals surface area contributed by atoms with Crippen molar-refractivity contribution in [3.05, 3.63) is 35.0 Å². The zero-order valence-corrected chi connectivity index (χ0v) is 9.67. The molecular weight excluding hydrogens is 216 g/mol. The van der Waals surface area contributed by atoms with E-state index in [4.69, 9.17) is 0 Å². The number of hydrogen-bond acceptors (Lipinski definition) is 3. The first-order valence-corrected chi connectivity index (χ1v) is 6.11. The molecule has 0 bridgehead atoms. The first kappa shape index (κ1) is 10.5. The van der Waals surface area contributed by atoms with Gasteiger partial charge in [0.2, 0.25) is 0 Å². The number of aromatic nitrogens is 3. The van der Waals surface area contributed by atoms with Gasteiger partial charge in [0.15, 0.2) is 0 Å². The molecule has 0 atom stereocenters. The summed E-state index contributed by atoms with van der Waals surface area (Å²) < 4.78 is 3.37. The summed E-state index contributed by atoms with van der Waals surface area (Å²) in [5, 5.41) is 7.49. The lowest BCUT2D eigenvalue weighted by Gasteiger charge is -2.06. The Hall–Kier alpha value is -1.62. The van der Waals surface area contributed by atoms with Crippen molar-refractivity contribution in [2.45, 2.75) is 31.8 Å². The highest BCUT2D eigenvalue weighted by Crippen LogP contribution is 2.18. The van der Waals surface area contributed by atoms with E-state index in [9.17, 15) is 4.79 Å². The van der Waals surface area contributed by atoms with E-state index in [1.54, 1.807) is 27.5 Å². The van der Waals surface area contributed by atoms with Gasteiger partial charge in [0.25, 0.3) is 5.56 Å². The number of fused-ring (bicyclic) bond motifs is 1. The third kappa shape index (κ3) is 2.24. The largest absolute Gasteiger partial charge is 0.314 e. The van der Waals surface area contributed by atoms with Crippen LogP contribution in [0.3, 0.4) is 0 Å². The van der Waals surface area contributed by atoms with Crippen molar-refractivity contribution in [1.82, 2.24) is 19.5 Å². The summed E-state index contributed by atoms with van der Waals surface area (Å²) in [5.41, 5.74) is 0.680. The van der Waals surface area contributed by atoms with E-state index in [2.05, 4.69) is 10.4 Å². The summed E-state index contributed by atoms with van der Waals surface area (Å²) in [5.74, 6) is 0. The number of rotatable bonds is 5. The fourth-order valence-electron chi connectivity index (χ4n) is 1.98. The molecule has 0 aliphatic heterocycles. The molecular formula is C12H16N4O. The molecule has 2 aromatic rings. The van der Waals surface area contributed by atoms with Gasteiger partial charge < -0.3 is 9.88 Å². The molecule has 0 radical (unpaired) electrons. The lowest BCUT2D eigenvalue weighted by atomic mass is 10.4. The minimum atomic E-state index is 0.0384. The van der Waals surface area contributed by atoms with Gasteiger partial charge in [-0.2, -0.15) is 5.10 Å². The van der Waals surface area contributed by atoms with E-state index in [-0.39, 0.29) is 5.56 Å². The van der Waals surface area contributed by atoms with Crippen molar-refractivity contribution in [3.8, 4) is 0 Å². The Labute approximate surface area is 99.1 Å². The minimum Gasteiger partial charge on any atom is -0.314 e. The SMILES string of the molecule is O=c1c2ccnn2ccn1CCCNC1CC1. The molecule has 1 aliphatic rings. The van der Waals surface area contributed by atoms with E-state index in [0.717, 1.165) is 25.6 Å². The van der Waals surface area contributed by atoms with E-state index >= 15 is 0 Å². The maximum Gasteiger partial charge on any atom is 0.276 e. The summed E-state index contributed by atoms with van der Waals surface area (Å²) in [4.78, 5) is 12.0. The molecule has 0 amide bonds. The maximum atomic E-state index is 12.0. The molecule has 0 spiro atoms. The molecule has 5 nitrogen and oxygen atoms in total. The molecule has 17 heavy (non-hydrogen) atoms. The highest BCUT2D eigenvalue weighted by atomic mass is 16.1. The molecule has 0 aromatic carbocycles. The fraction of sp³-hybridized carbons (Fsp3) is 0.500. The quantitative estimate of drug-likeness (QED) is 0.770. The smallest absolute Gasteiger partial charge is 0.276 e. The molecule has 2 aromatic heterocycles. The molecule has 1 saturated carbocycles. The van der Waals surface area contributed by atoms with E-state index in [1.165, 1.54) is 12.8 Å². The van der Waals surface area contributed by atoms with Crippen molar-refractivity contribution in [2.75, 3.05) is 6.54 Å². The summed E-state index contributed by atoms with van der Waals surface area (Å²) in [6.45, 7) is 1.75. The Morgan fingerprint density at radius 3 is 3.12 bits per heavy atom. The topological polar surface area (TPSA) is 51.3 Å². The average Bonchev–Trinajstić information content (AvgIpc) is 3.02. The van der Waals surface area contributed by atoms with Gasteiger partial charge >= 0.3 is 0 Å². The van der Waals surface area contributed by atoms with Crippen LogP contribution in [0.15, 0.2) is 29.5 Å². The van der Waals surface area contributed by atoms with Crippen LogP contribution < -0.4 is 10.9 Å². The average molecular weight is 232 g/mol. The molecule has 3 rings (SSSR count). The van der Waals surface area contributed by atoms with Crippen molar-refractivity contribution in [2.24, 2.45) is 0 Å². The third-order valence-corrected chi connectivity index (χ3v) is 3.12. The van der Waals surface area contributed by atoms with Crippen LogP contribution in [0.2, 0.25) is 0 Å². The molecule has 0 unspecified atom stereocenters. The van der Waals surface area contributed by atoms with Crippen LogP contribution in [-0.2, 0) is 6.54 Å². The zero-order chi connectivity index (χ0) is 11.7. The highest BCUT2D eigenvalue weighted by Gasteiger charge is 2.19. The summed E-state index contributed by atoms with van der Waals surface area (Å²) in [6, 6.07) is 2.49. The number of nitrogens with zero attached hydrogens (tertiary/aromatic N) is 3. The summed E-state index contributed by atoms with van der Waals surface area (Å²) >= 11 is 0. The lowest BCUT2D eigenvalue weighted by Crippen LogP contribution is -2.24. The molecule has 1 fully saturated rings. The predicted molar refractivity (Wildman–Crippen MR) is 65.1 cm³/mol. The van der Waals surface area contributed by atoms with E-state index in [1.807, 2.05) is 6.20 Å². The minimum absolute atomic E-state index is 0.0384. The second-order valence-electron chi connectivity index (χ2n) is 4.54. The Balaban J connectivity index is 1.66. The Morgan fingerprint density at radius 2 is 2.29 bits per heavy atom. The van der Waals surface area contributed by atoms with Gasteiger partial charge in [0.05, 0.1) is 6.20 Å². The number of hydrogen-bond donors (Lipinski definition) is 1. The van der Waals surface area contributed by atoms with E-state index < -0.39 is 0 Å². The second-order valence-corrected chi connectivity index (χ2v) is 4.54. The van der Waals surface area contributed by atoms with Crippen molar-refractivity contribution in [3.63, 3.8) is 0 Å². The standard InChI is InChI=1S/C12H16N4O/c17-12-11-4-6-14-16(11)9-8-15(12)7-1-5-13-10-2-3-10/h4,6,8-10,13H,1-3,5,7H2. The lowest BCUT2D eigenvalue weighted by molar-refractivity contribution is 0.567. The number of aryl methyl sites for hydroxylation is 1. The van der Waals surface area contributed by atoms with Crippen LogP contribution in [0, 0.1) is 0 Å². The van der Waals surface area contributed by atoms with Crippen LogP contribution >= 0.6 is 0 Å². The first-order chi connectivity index (χ1) is 8.34. The third-order valence-electron chi connectivity index (χ3n) is 3.12. The fourth-order valence-corrected chi connectivity index (χ4v) is 1.98. The van der Waals surface area contributed by atoms with Crippen molar-refractivity contribution < 1.29 is 0 Å². The van der Waals surface area contributed by atoms with E-state index in [0.29, 0.717) is 5.52 Å². The number of nitrogens with one attached hydrogen (secondary N) is 1. The first-order valence-electron chi connectivity index (χ1n) is 6.11. The van der Waals surface area contributed by atoms with Crippen LogP contribution in [-0.4, -0.2) is 26.8 Å². The van der Waals surface area contributed by atoms with Gasteiger partial charge in [0.1, 0.15) is 5.52 Å². The van der Waals surface area contributed by atoms with Crippen molar-refractivity contribution >= 4 is 5.52 Å². The van der Waals surface area contributed by atoms with Gasteiger partial charge in [0, 0.05) is 25.0 Å². The van der Waals surface area contributed by atoms with Gasteiger partial charge in [-0.3, -0.25) is 4.79 Å². The van der Waals surface area contributed by atoms with Crippen molar-refractivity contribution in [1.29, 1.82) is 0 Å². The van der Waals surface area contributed by atoms with Gasteiger partial charge in [-0.1, -0.05) is 0 Å². The molecule has 5 heteroatoms. The molecule has 0 saturated heterocycles.